The zero-order chi connectivity index (χ0) is 22.1. The number of nitrogens with zero attached hydrogens (tertiary/aromatic N) is 2. The van der Waals surface area contributed by atoms with Gasteiger partial charge in [-0.25, -0.2) is 4.98 Å². The Bertz CT molecular complexity index is 1190. The largest absolute Gasteiger partial charge is 0.494 e. The number of amides is 1. The van der Waals surface area contributed by atoms with Crippen molar-refractivity contribution in [1.82, 2.24) is 14.9 Å². The minimum atomic E-state index is -0.0442. The Labute approximate surface area is 195 Å². The molecular weight excluding hydrogens is 442 g/mol. The van der Waals surface area contributed by atoms with Crippen LogP contribution in [0.3, 0.4) is 0 Å². The number of ether oxygens (including phenoxy) is 1. The predicted octanol–water partition coefficient (Wildman–Crippen LogP) is 4.49. The molecular formula is C24H27N3O3S2. The minimum absolute atomic E-state index is 0.00293. The first-order chi connectivity index (χ1) is 15.6. The minimum Gasteiger partial charge on any atom is -0.494 e. The fourth-order valence-corrected chi connectivity index (χ4v) is 6.80. The van der Waals surface area contributed by atoms with Crippen LogP contribution in [-0.4, -0.2) is 33.9 Å². The Hall–Kier alpha value is -2.32. The topological polar surface area (TPSA) is 73.2 Å². The smallest absolute Gasteiger partial charge is 0.267 e. The molecule has 6 nitrogen and oxygen atoms in total. The van der Waals surface area contributed by atoms with Crippen LogP contribution in [0.1, 0.15) is 49.5 Å². The molecule has 0 radical (unpaired) electrons. The van der Waals surface area contributed by atoms with Gasteiger partial charge >= 0.3 is 0 Å². The van der Waals surface area contributed by atoms with E-state index in [4.69, 9.17) is 9.72 Å². The van der Waals surface area contributed by atoms with Gasteiger partial charge in [0.1, 0.15) is 10.6 Å². The third-order valence-electron chi connectivity index (χ3n) is 6.17. The van der Waals surface area contributed by atoms with Gasteiger partial charge in [0.05, 0.1) is 23.4 Å². The molecule has 1 saturated carbocycles. The van der Waals surface area contributed by atoms with Gasteiger partial charge in [0, 0.05) is 10.9 Å². The molecule has 168 valence electrons. The molecule has 1 amide bonds. The number of fused-ring (bicyclic) bond motifs is 3. The monoisotopic (exact) mass is 469 g/mol. The lowest BCUT2D eigenvalue weighted by Gasteiger charge is -2.14. The lowest BCUT2D eigenvalue weighted by molar-refractivity contribution is -0.119. The molecule has 32 heavy (non-hydrogen) atoms. The summed E-state index contributed by atoms with van der Waals surface area (Å²) >= 11 is 2.96. The third-order valence-corrected chi connectivity index (χ3v) is 8.29. The number of carbonyl (C=O) groups is 1. The van der Waals surface area contributed by atoms with Crippen LogP contribution in [0.25, 0.3) is 15.9 Å². The van der Waals surface area contributed by atoms with Crippen LogP contribution < -0.4 is 15.6 Å². The van der Waals surface area contributed by atoms with E-state index in [2.05, 4.69) is 5.32 Å². The maximum atomic E-state index is 13.7. The van der Waals surface area contributed by atoms with E-state index in [0.29, 0.717) is 11.8 Å². The normalized spacial score (nSPS) is 15.9. The second-order valence-electron chi connectivity index (χ2n) is 8.34. The number of hydrogen-bond acceptors (Lipinski definition) is 6. The Morgan fingerprint density at radius 2 is 2.00 bits per heavy atom. The highest BCUT2D eigenvalue weighted by atomic mass is 32.2. The van der Waals surface area contributed by atoms with Crippen molar-refractivity contribution in [3.05, 3.63) is 45.1 Å². The summed E-state index contributed by atoms with van der Waals surface area (Å²) in [6.45, 7) is 2.53. The average molecular weight is 470 g/mol. The summed E-state index contributed by atoms with van der Waals surface area (Å²) < 4.78 is 7.22. The third kappa shape index (κ3) is 4.18. The van der Waals surface area contributed by atoms with Crippen molar-refractivity contribution in [3.8, 4) is 11.4 Å². The van der Waals surface area contributed by atoms with E-state index < -0.39 is 0 Å². The number of nitrogens with one attached hydrogen (secondary N) is 1. The molecule has 0 unspecified atom stereocenters. The quantitative estimate of drug-likeness (QED) is 0.408. The second kappa shape index (κ2) is 9.27. The van der Waals surface area contributed by atoms with E-state index in [9.17, 15) is 9.59 Å². The van der Waals surface area contributed by atoms with E-state index in [-0.39, 0.29) is 23.3 Å². The molecule has 0 aliphatic heterocycles. The van der Waals surface area contributed by atoms with Crippen LogP contribution in [0.4, 0.5) is 0 Å². The van der Waals surface area contributed by atoms with E-state index >= 15 is 0 Å². The van der Waals surface area contributed by atoms with Crippen LogP contribution >= 0.6 is 23.1 Å². The van der Waals surface area contributed by atoms with Gasteiger partial charge in [-0.15, -0.1) is 11.3 Å². The number of aryl methyl sites for hydroxylation is 2. The summed E-state index contributed by atoms with van der Waals surface area (Å²) in [7, 11) is 0. The van der Waals surface area contributed by atoms with Gasteiger partial charge in [-0.2, -0.15) is 0 Å². The maximum absolute atomic E-state index is 13.7. The first-order valence-electron chi connectivity index (χ1n) is 11.4. The molecule has 1 aromatic carbocycles. The first-order valence-corrected chi connectivity index (χ1v) is 13.2. The maximum Gasteiger partial charge on any atom is 0.267 e. The molecule has 2 aliphatic carbocycles. The van der Waals surface area contributed by atoms with Crippen LogP contribution in [-0.2, 0) is 17.6 Å². The van der Waals surface area contributed by atoms with Crippen LogP contribution in [0, 0.1) is 0 Å². The molecule has 0 atom stereocenters. The van der Waals surface area contributed by atoms with E-state index in [0.717, 1.165) is 59.3 Å². The predicted molar refractivity (Wildman–Crippen MR) is 130 cm³/mol. The molecule has 2 heterocycles. The Kier molecular flexibility index (Phi) is 6.24. The molecule has 2 aliphatic rings. The lowest BCUT2D eigenvalue weighted by Crippen LogP contribution is -2.34. The standard InChI is InChI=1S/C24H27N3O3S2/c1-2-30-17-12-10-16(11-13-17)27-23(29)21-18-8-5-9-19(18)32-22(21)26-24(27)31-14-20(28)25-15-6-3-4-7-15/h10-13,15H,2-9,14H2,1H3,(H,25,28). The van der Waals surface area contributed by atoms with Crippen LogP contribution in [0.15, 0.2) is 34.2 Å². The zero-order valence-corrected chi connectivity index (χ0v) is 19.8. The summed E-state index contributed by atoms with van der Waals surface area (Å²) in [6.07, 6.45) is 7.51. The molecule has 0 spiro atoms. The highest BCUT2D eigenvalue weighted by Crippen LogP contribution is 2.36. The van der Waals surface area contributed by atoms with Gasteiger partial charge in [0.15, 0.2) is 5.16 Å². The van der Waals surface area contributed by atoms with Gasteiger partial charge in [-0.3, -0.25) is 14.2 Å². The number of aromatic nitrogens is 2. The number of carbonyl (C=O) groups excluding carboxylic acids is 1. The van der Waals surface area contributed by atoms with Crippen molar-refractivity contribution in [2.75, 3.05) is 12.4 Å². The molecule has 8 heteroatoms. The van der Waals surface area contributed by atoms with Crippen molar-refractivity contribution in [2.24, 2.45) is 0 Å². The Morgan fingerprint density at radius 3 is 2.75 bits per heavy atom. The SMILES string of the molecule is CCOc1ccc(-n2c(SCC(=O)NC3CCCC3)nc3sc4c(c3c2=O)CCC4)cc1. The lowest BCUT2D eigenvalue weighted by atomic mass is 10.2. The Morgan fingerprint density at radius 1 is 1.22 bits per heavy atom. The van der Waals surface area contributed by atoms with Gasteiger partial charge in [-0.05, 0) is 68.9 Å². The number of rotatable bonds is 7. The van der Waals surface area contributed by atoms with Gasteiger partial charge in [0.25, 0.3) is 5.56 Å². The highest BCUT2D eigenvalue weighted by molar-refractivity contribution is 7.99. The number of hydrogen-bond donors (Lipinski definition) is 1. The van der Waals surface area contributed by atoms with Crippen molar-refractivity contribution in [1.29, 1.82) is 0 Å². The molecule has 1 fully saturated rings. The van der Waals surface area contributed by atoms with Crippen molar-refractivity contribution in [3.63, 3.8) is 0 Å². The van der Waals surface area contributed by atoms with Crippen molar-refractivity contribution < 1.29 is 9.53 Å². The van der Waals surface area contributed by atoms with Crippen LogP contribution in [0.2, 0.25) is 0 Å². The van der Waals surface area contributed by atoms with Crippen molar-refractivity contribution in [2.45, 2.75) is 63.1 Å². The molecule has 2 aromatic heterocycles. The van der Waals surface area contributed by atoms with E-state index in [1.165, 1.54) is 29.5 Å². The van der Waals surface area contributed by atoms with E-state index in [1.807, 2.05) is 31.2 Å². The first kappa shape index (κ1) is 21.5. The summed E-state index contributed by atoms with van der Waals surface area (Å²) in [5.41, 5.74) is 1.86. The van der Waals surface area contributed by atoms with Crippen LogP contribution in [0.5, 0.6) is 5.75 Å². The fourth-order valence-electron chi connectivity index (χ4n) is 4.68. The summed E-state index contributed by atoms with van der Waals surface area (Å²) in [6, 6.07) is 7.79. The Balaban J connectivity index is 1.50. The fraction of sp³-hybridized carbons (Fsp3) is 0.458. The number of benzene rings is 1. The highest BCUT2D eigenvalue weighted by Gasteiger charge is 2.24. The number of thiophene rings is 1. The van der Waals surface area contributed by atoms with E-state index in [1.54, 1.807) is 15.9 Å². The van der Waals surface area contributed by atoms with Gasteiger partial charge < -0.3 is 10.1 Å². The molecule has 5 rings (SSSR count). The van der Waals surface area contributed by atoms with Gasteiger partial charge in [-0.1, -0.05) is 24.6 Å². The molecule has 1 N–H and O–H groups in total. The molecule has 0 saturated heterocycles. The molecule has 0 bridgehead atoms. The average Bonchev–Trinajstić information content (AvgIpc) is 3.51. The summed E-state index contributed by atoms with van der Waals surface area (Å²) in [4.78, 5) is 33.2. The van der Waals surface area contributed by atoms with Crippen molar-refractivity contribution >= 4 is 39.2 Å². The summed E-state index contributed by atoms with van der Waals surface area (Å²) in [5.74, 6) is 1.01. The van der Waals surface area contributed by atoms with Gasteiger partial charge in [0.2, 0.25) is 5.91 Å². The molecule has 3 aromatic rings. The summed E-state index contributed by atoms with van der Waals surface area (Å²) in [5, 5.41) is 4.43. The number of thioether (sulfide) groups is 1. The zero-order valence-electron chi connectivity index (χ0n) is 18.2. The second-order valence-corrected chi connectivity index (χ2v) is 10.4.